The number of halogens is 1. The standard InChI is InChI=1S/C9H7FN2O2/c10-4-8-6-2-1-5(9(13)14)3-7(6)11-12-8/h1-3H,4H2,(H,11,12)(H,13,14). The number of carboxylic acids is 1. The molecule has 0 fully saturated rings. The first kappa shape index (κ1) is 8.68. The van der Waals surface area contributed by atoms with E-state index in [0.29, 0.717) is 16.6 Å². The molecule has 0 spiro atoms. The number of benzene rings is 1. The topological polar surface area (TPSA) is 66.0 Å². The van der Waals surface area contributed by atoms with E-state index in [2.05, 4.69) is 10.2 Å². The fourth-order valence-corrected chi connectivity index (χ4v) is 1.30. The van der Waals surface area contributed by atoms with Crippen molar-refractivity contribution < 1.29 is 14.3 Å². The van der Waals surface area contributed by atoms with Crippen molar-refractivity contribution in [3.8, 4) is 0 Å². The first-order valence-corrected chi connectivity index (χ1v) is 3.98. The largest absolute Gasteiger partial charge is 0.478 e. The van der Waals surface area contributed by atoms with E-state index >= 15 is 0 Å². The van der Waals surface area contributed by atoms with E-state index in [1.165, 1.54) is 12.1 Å². The minimum atomic E-state index is -1.02. The Morgan fingerprint density at radius 3 is 3.00 bits per heavy atom. The van der Waals surface area contributed by atoms with E-state index in [0.717, 1.165) is 0 Å². The Morgan fingerprint density at radius 2 is 2.36 bits per heavy atom. The summed E-state index contributed by atoms with van der Waals surface area (Å²) in [6.07, 6.45) is 0. The van der Waals surface area contributed by atoms with Crippen molar-refractivity contribution in [1.82, 2.24) is 10.2 Å². The fraction of sp³-hybridized carbons (Fsp3) is 0.111. The molecule has 1 aromatic heterocycles. The minimum absolute atomic E-state index is 0.148. The van der Waals surface area contributed by atoms with Crippen molar-refractivity contribution in [3.05, 3.63) is 29.5 Å². The van der Waals surface area contributed by atoms with Crippen molar-refractivity contribution in [2.45, 2.75) is 6.67 Å². The number of aromatic nitrogens is 2. The number of carbonyl (C=O) groups is 1. The van der Waals surface area contributed by atoms with Gasteiger partial charge in [-0.1, -0.05) is 0 Å². The number of fused-ring (bicyclic) bond motifs is 1. The molecule has 14 heavy (non-hydrogen) atoms. The van der Waals surface area contributed by atoms with Crippen LogP contribution < -0.4 is 0 Å². The Labute approximate surface area is 78.4 Å². The Kier molecular flexibility index (Phi) is 1.92. The zero-order valence-electron chi connectivity index (χ0n) is 7.12. The van der Waals surface area contributed by atoms with Gasteiger partial charge < -0.3 is 5.11 Å². The Bertz CT molecular complexity index is 493. The van der Waals surface area contributed by atoms with E-state index in [1.807, 2.05) is 0 Å². The molecule has 4 nitrogen and oxygen atoms in total. The highest BCUT2D eigenvalue weighted by Gasteiger charge is 2.08. The minimum Gasteiger partial charge on any atom is -0.478 e. The molecule has 0 bridgehead atoms. The summed E-state index contributed by atoms with van der Waals surface area (Å²) in [4.78, 5) is 10.6. The van der Waals surface area contributed by atoms with Crippen LogP contribution in [0.15, 0.2) is 18.2 Å². The van der Waals surface area contributed by atoms with Gasteiger partial charge in [0, 0.05) is 5.39 Å². The molecule has 0 saturated heterocycles. The van der Waals surface area contributed by atoms with E-state index in [-0.39, 0.29) is 5.56 Å². The van der Waals surface area contributed by atoms with Crippen LogP contribution in [0.25, 0.3) is 10.9 Å². The summed E-state index contributed by atoms with van der Waals surface area (Å²) in [5.74, 6) is -1.02. The molecule has 0 amide bonds. The maximum atomic E-state index is 12.4. The van der Waals surface area contributed by atoms with Gasteiger partial charge in [-0.05, 0) is 18.2 Å². The number of hydrogen-bond donors (Lipinski definition) is 2. The lowest BCUT2D eigenvalue weighted by Crippen LogP contribution is -1.94. The third-order valence-electron chi connectivity index (χ3n) is 2.01. The molecule has 2 rings (SSSR count). The van der Waals surface area contributed by atoms with Crippen LogP contribution in [0.4, 0.5) is 4.39 Å². The summed E-state index contributed by atoms with van der Waals surface area (Å²) in [5.41, 5.74) is 0.990. The number of nitrogens with one attached hydrogen (secondary N) is 1. The zero-order valence-corrected chi connectivity index (χ0v) is 7.12. The number of nitrogens with zero attached hydrogens (tertiary/aromatic N) is 1. The number of carboxylic acid groups (broad SMARTS) is 1. The second-order valence-electron chi connectivity index (χ2n) is 2.87. The third kappa shape index (κ3) is 1.22. The monoisotopic (exact) mass is 194 g/mol. The third-order valence-corrected chi connectivity index (χ3v) is 2.01. The molecule has 0 aliphatic rings. The number of alkyl halides is 1. The summed E-state index contributed by atoms with van der Waals surface area (Å²) in [6.45, 7) is -0.636. The van der Waals surface area contributed by atoms with Crippen LogP contribution in [0, 0.1) is 0 Å². The van der Waals surface area contributed by atoms with Crippen LogP contribution in [0.5, 0.6) is 0 Å². The van der Waals surface area contributed by atoms with Gasteiger partial charge in [-0.3, -0.25) is 5.10 Å². The average molecular weight is 194 g/mol. The summed E-state index contributed by atoms with van der Waals surface area (Å²) >= 11 is 0. The average Bonchev–Trinajstić information content (AvgIpc) is 2.59. The normalized spacial score (nSPS) is 10.6. The van der Waals surface area contributed by atoms with Gasteiger partial charge in [0.15, 0.2) is 0 Å². The molecule has 1 heterocycles. The van der Waals surface area contributed by atoms with Crippen LogP contribution >= 0.6 is 0 Å². The number of hydrogen-bond acceptors (Lipinski definition) is 2. The molecule has 5 heteroatoms. The van der Waals surface area contributed by atoms with Crippen molar-refractivity contribution in [2.24, 2.45) is 0 Å². The number of aromatic amines is 1. The lowest BCUT2D eigenvalue weighted by Gasteiger charge is -1.93. The lowest BCUT2D eigenvalue weighted by molar-refractivity contribution is 0.0697. The summed E-state index contributed by atoms with van der Waals surface area (Å²) in [7, 11) is 0. The van der Waals surface area contributed by atoms with Crippen molar-refractivity contribution in [1.29, 1.82) is 0 Å². The summed E-state index contributed by atoms with van der Waals surface area (Å²) in [6, 6.07) is 4.39. The molecular weight excluding hydrogens is 187 g/mol. The predicted molar refractivity (Wildman–Crippen MR) is 47.9 cm³/mol. The van der Waals surface area contributed by atoms with Gasteiger partial charge in [-0.2, -0.15) is 5.10 Å². The molecule has 1 aromatic carbocycles. The molecule has 0 radical (unpaired) electrons. The van der Waals surface area contributed by atoms with Crippen LogP contribution in [0.3, 0.4) is 0 Å². The molecule has 2 aromatic rings. The number of rotatable bonds is 2. The number of H-pyrrole nitrogens is 1. The molecule has 72 valence electrons. The van der Waals surface area contributed by atoms with Crippen LogP contribution in [0.2, 0.25) is 0 Å². The highest BCUT2D eigenvalue weighted by atomic mass is 19.1. The van der Waals surface area contributed by atoms with E-state index in [1.54, 1.807) is 6.07 Å². The van der Waals surface area contributed by atoms with Crippen LogP contribution in [-0.4, -0.2) is 21.3 Å². The summed E-state index contributed by atoms with van der Waals surface area (Å²) in [5, 5.41) is 15.6. The van der Waals surface area contributed by atoms with Gasteiger partial charge in [0.05, 0.1) is 16.8 Å². The van der Waals surface area contributed by atoms with Crippen LogP contribution in [0.1, 0.15) is 16.1 Å². The Balaban J connectivity index is 2.63. The first-order valence-electron chi connectivity index (χ1n) is 3.98. The predicted octanol–water partition coefficient (Wildman–Crippen LogP) is 1.73. The maximum absolute atomic E-state index is 12.4. The Hall–Kier alpha value is -1.91. The molecule has 0 saturated carbocycles. The van der Waals surface area contributed by atoms with Crippen molar-refractivity contribution in [3.63, 3.8) is 0 Å². The van der Waals surface area contributed by atoms with Gasteiger partial charge in [-0.25, -0.2) is 9.18 Å². The molecule has 0 aliphatic heterocycles. The molecule has 2 N–H and O–H groups in total. The van der Waals surface area contributed by atoms with E-state index in [4.69, 9.17) is 5.11 Å². The van der Waals surface area contributed by atoms with Crippen LogP contribution in [-0.2, 0) is 6.67 Å². The van der Waals surface area contributed by atoms with Crippen molar-refractivity contribution >= 4 is 16.9 Å². The fourth-order valence-electron chi connectivity index (χ4n) is 1.30. The highest BCUT2D eigenvalue weighted by Crippen LogP contribution is 2.18. The van der Waals surface area contributed by atoms with E-state index in [9.17, 15) is 9.18 Å². The van der Waals surface area contributed by atoms with Gasteiger partial charge in [-0.15, -0.1) is 0 Å². The van der Waals surface area contributed by atoms with Gasteiger partial charge in [0.2, 0.25) is 0 Å². The van der Waals surface area contributed by atoms with E-state index < -0.39 is 12.6 Å². The molecule has 0 aliphatic carbocycles. The molecule has 0 unspecified atom stereocenters. The molecular formula is C9H7FN2O2. The second-order valence-corrected chi connectivity index (χ2v) is 2.87. The maximum Gasteiger partial charge on any atom is 0.335 e. The van der Waals surface area contributed by atoms with Gasteiger partial charge in [0.1, 0.15) is 6.67 Å². The molecule has 0 atom stereocenters. The Morgan fingerprint density at radius 1 is 1.57 bits per heavy atom. The van der Waals surface area contributed by atoms with Gasteiger partial charge in [0.25, 0.3) is 0 Å². The quantitative estimate of drug-likeness (QED) is 0.765. The van der Waals surface area contributed by atoms with Gasteiger partial charge >= 0.3 is 5.97 Å². The lowest BCUT2D eigenvalue weighted by atomic mass is 10.1. The number of aromatic carboxylic acids is 1. The summed E-state index contributed by atoms with van der Waals surface area (Å²) < 4.78 is 12.4. The van der Waals surface area contributed by atoms with Crippen molar-refractivity contribution in [2.75, 3.05) is 0 Å². The SMILES string of the molecule is O=C(O)c1ccc2c(CF)[nH]nc2c1. The zero-order chi connectivity index (χ0) is 10.1. The second kappa shape index (κ2) is 3.10. The smallest absolute Gasteiger partial charge is 0.335 e. The highest BCUT2D eigenvalue weighted by molar-refractivity contribution is 5.93. The first-order chi connectivity index (χ1) is 6.72.